The van der Waals surface area contributed by atoms with Crippen molar-refractivity contribution in [3.63, 3.8) is 0 Å². The molecule has 0 fully saturated rings. The highest BCUT2D eigenvalue weighted by Gasteiger charge is 2.10. The molecule has 0 saturated carbocycles. The molecule has 0 saturated heterocycles. The highest BCUT2D eigenvalue weighted by molar-refractivity contribution is 9.10. The first-order chi connectivity index (χ1) is 9.26. The Morgan fingerprint density at radius 2 is 1.89 bits per heavy atom. The van der Waals surface area contributed by atoms with Crippen LogP contribution >= 0.6 is 15.9 Å². The highest BCUT2D eigenvalue weighted by Crippen LogP contribution is 2.32. The number of nitrogens with two attached hydrogens (primary N) is 1. The summed E-state index contributed by atoms with van der Waals surface area (Å²) in [5.74, 6) is 0.829. The van der Waals surface area contributed by atoms with E-state index in [9.17, 15) is 0 Å². The van der Waals surface area contributed by atoms with Gasteiger partial charge >= 0.3 is 0 Å². The smallest absolute Gasteiger partial charge is 0.134 e. The average molecular weight is 319 g/mol. The first-order valence-corrected chi connectivity index (χ1v) is 7.03. The highest BCUT2D eigenvalue weighted by atomic mass is 79.9. The third kappa shape index (κ3) is 3.37. The molecule has 2 N–H and O–H groups in total. The topological polar surface area (TPSA) is 35.2 Å². The van der Waals surface area contributed by atoms with Gasteiger partial charge in [0.25, 0.3) is 0 Å². The van der Waals surface area contributed by atoms with E-state index >= 15 is 0 Å². The molecule has 0 aliphatic carbocycles. The van der Waals surface area contributed by atoms with Crippen LogP contribution in [0, 0.1) is 6.42 Å². The van der Waals surface area contributed by atoms with E-state index in [1.54, 1.807) is 0 Å². The number of halogens is 1. The van der Waals surface area contributed by atoms with E-state index in [1.807, 2.05) is 55.8 Å². The van der Waals surface area contributed by atoms with Gasteiger partial charge in [-0.1, -0.05) is 43.3 Å². The molecule has 99 valence electrons. The van der Waals surface area contributed by atoms with Crippen molar-refractivity contribution in [1.29, 1.82) is 0 Å². The Hall–Kier alpha value is -1.32. The molecule has 0 bridgehead atoms. The standard InChI is InChI=1S/C16H17BrNO/c1-2-13-8-9-15(16(17)14(13)10-18)19-11-12-6-4-3-5-7-12/h2-9H,10-11,18H2,1H3. The molecule has 0 atom stereocenters. The van der Waals surface area contributed by atoms with Crippen LogP contribution in [0.5, 0.6) is 5.75 Å². The molecular formula is C16H17BrNO. The normalized spacial score (nSPS) is 10.5. The second kappa shape index (κ2) is 6.73. The van der Waals surface area contributed by atoms with Gasteiger partial charge in [-0.25, -0.2) is 0 Å². The Balaban J connectivity index is 2.17. The monoisotopic (exact) mass is 318 g/mol. The van der Waals surface area contributed by atoms with Crippen LogP contribution in [0.1, 0.15) is 23.6 Å². The lowest BCUT2D eigenvalue weighted by molar-refractivity contribution is 0.304. The predicted octanol–water partition coefficient (Wildman–Crippen LogP) is 4.06. The Morgan fingerprint density at radius 1 is 1.16 bits per heavy atom. The zero-order valence-electron chi connectivity index (χ0n) is 10.9. The molecular weight excluding hydrogens is 302 g/mol. The summed E-state index contributed by atoms with van der Waals surface area (Å²) in [6.07, 6.45) is 2.05. The molecule has 1 radical (unpaired) electrons. The van der Waals surface area contributed by atoms with Crippen LogP contribution in [0.4, 0.5) is 0 Å². The van der Waals surface area contributed by atoms with Crippen molar-refractivity contribution in [2.24, 2.45) is 5.73 Å². The summed E-state index contributed by atoms with van der Waals surface area (Å²) in [5, 5.41) is 0. The van der Waals surface area contributed by atoms with E-state index in [1.165, 1.54) is 0 Å². The minimum atomic E-state index is 0.489. The van der Waals surface area contributed by atoms with Gasteiger partial charge in [0.1, 0.15) is 12.4 Å². The van der Waals surface area contributed by atoms with Crippen molar-refractivity contribution in [2.75, 3.05) is 0 Å². The molecule has 3 heteroatoms. The lowest BCUT2D eigenvalue weighted by Crippen LogP contribution is -2.04. The van der Waals surface area contributed by atoms with E-state index in [-0.39, 0.29) is 0 Å². The molecule has 2 aromatic carbocycles. The van der Waals surface area contributed by atoms with Gasteiger partial charge in [0, 0.05) is 6.54 Å². The second-order valence-electron chi connectivity index (χ2n) is 4.21. The number of benzene rings is 2. The summed E-state index contributed by atoms with van der Waals surface area (Å²) in [4.78, 5) is 0. The van der Waals surface area contributed by atoms with E-state index < -0.39 is 0 Å². The Morgan fingerprint density at radius 3 is 2.53 bits per heavy atom. The Labute approximate surface area is 122 Å². The number of ether oxygens (including phenoxy) is 1. The minimum absolute atomic E-state index is 0.489. The fourth-order valence-corrected chi connectivity index (χ4v) is 2.58. The Bertz CT molecular complexity index is 540. The number of rotatable bonds is 5. The summed E-state index contributed by atoms with van der Waals surface area (Å²) in [6, 6.07) is 14.1. The van der Waals surface area contributed by atoms with Gasteiger partial charge in [-0.15, -0.1) is 0 Å². The van der Waals surface area contributed by atoms with Crippen molar-refractivity contribution in [2.45, 2.75) is 20.1 Å². The van der Waals surface area contributed by atoms with Gasteiger partial charge in [-0.05, 0) is 45.1 Å². The van der Waals surface area contributed by atoms with Crippen LogP contribution in [-0.4, -0.2) is 0 Å². The molecule has 0 unspecified atom stereocenters. The van der Waals surface area contributed by atoms with Crippen molar-refractivity contribution in [1.82, 2.24) is 0 Å². The minimum Gasteiger partial charge on any atom is -0.488 e. The van der Waals surface area contributed by atoms with Crippen molar-refractivity contribution in [3.05, 3.63) is 70.0 Å². The third-order valence-corrected chi connectivity index (χ3v) is 3.87. The number of hydrogen-bond donors (Lipinski definition) is 1. The fourth-order valence-electron chi connectivity index (χ4n) is 1.94. The maximum atomic E-state index is 5.85. The second-order valence-corrected chi connectivity index (χ2v) is 5.01. The lowest BCUT2D eigenvalue weighted by atomic mass is 10.1. The molecule has 19 heavy (non-hydrogen) atoms. The van der Waals surface area contributed by atoms with Gasteiger partial charge in [-0.3, -0.25) is 0 Å². The summed E-state index contributed by atoms with van der Waals surface area (Å²) < 4.78 is 6.79. The summed E-state index contributed by atoms with van der Waals surface area (Å²) in [7, 11) is 0. The maximum Gasteiger partial charge on any atom is 0.134 e. The van der Waals surface area contributed by atoms with Gasteiger partial charge in [-0.2, -0.15) is 0 Å². The molecule has 2 rings (SSSR count). The van der Waals surface area contributed by atoms with Gasteiger partial charge in [0.05, 0.1) is 4.47 Å². The van der Waals surface area contributed by atoms with E-state index in [0.29, 0.717) is 13.2 Å². The summed E-state index contributed by atoms with van der Waals surface area (Å²) >= 11 is 3.58. The van der Waals surface area contributed by atoms with Gasteiger partial charge in [0.15, 0.2) is 0 Å². The zero-order chi connectivity index (χ0) is 13.7. The first kappa shape index (κ1) is 14.1. The van der Waals surface area contributed by atoms with Crippen molar-refractivity contribution >= 4 is 15.9 Å². The van der Waals surface area contributed by atoms with Crippen LogP contribution < -0.4 is 10.5 Å². The molecule has 0 amide bonds. The quantitative estimate of drug-likeness (QED) is 0.902. The van der Waals surface area contributed by atoms with Crippen molar-refractivity contribution in [3.8, 4) is 5.75 Å². The lowest BCUT2D eigenvalue weighted by Gasteiger charge is -2.14. The molecule has 2 nitrogen and oxygen atoms in total. The first-order valence-electron chi connectivity index (χ1n) is 6.23. The molecule has 0 spiro atoms. The summed E-state index contributed by atoms with van der Waals surface area (Å²) in [6.45, 7) is 3.05. The zero-order valence-corrected chi connectivity index (χ0v) is 12.5. The van der Waals surface area contributed by atoms with Gasteiger partial charge in [0.2, 0.25) is 0 Å². The molecule has 0 aliphatic rings. The maximum absolute atomic E-state index is 5.85. The van der Waals surface area contributed by atoms with E-state index in [4.69, 9.17) is 10.5 Å². The Kier molecular flexibility index (Phi) is 5.00. The summed E-state index contributed by atoms with van der Waals surface area (Å²) in [5.41, 5.74) is 9.16. The molecule has 2 aromatic rings. The molecule has 0 heterocycles. The van der Waals surface area contributed by atoms with Crippen LogP contribution in [0.3, 0.4) is 0 Å². The predicted molar refractivity (Wildman–Crippen MR) is 81.9 cm³/mol. The van der Waals surface area contributed by atoms with Crippen LogP contribution in [-0.2, 0) is 13.2 Å². The van der Waals surface area contributed by atoms with Crippen LogP contribution in [0.25, 0.3) is 0 Å². The van der Waals surface area contributed by atoms with Crippen molar-refractivity contribution < 1.29 is 4.74 Å². The van der Waals surface area contributed by atoms with E-state index in [2.05, 4.69) is 15.9 Å². The average Bonchev–Trinajstić information content (AvgIpc) is 2.46. The third-order valence-electron chi connectivity index (χ3n) is 3.00. The SMILES string of the molecule is C[CH]c1ccc(OCc2ccccc2)c(Br)c1CN. The molecule has 0 aromatic heterocycles. The largest absolute Gasteiger partial charge is 0.488 e. The van der Waals surface area contributed by atoms with Crippen LogP contribution in [0.15, 0.2) is 46.9 Å². The fraction of sp³-hybridized carbons (Fsp3) is 0.188. The van der Waals surface area contributed by atoms with Gasteiger partial charge < -0.3 is 10.5 Å². The molecule has 0 aliphatic heterocycles. The number of hydrogen-bond acceptors (Lipinski definition) is 2. The van der Waals surface area contributed by atoms with Crippen LogP contribution in [0.2, 0.25) is 0 Å². The van der Waals surface area contributed by atoms with E-state index in [0.717, 1.165) is 26.9 Å².